The molecule has 1 aromatic rings. The molecule has 1 amide bonds. The number of nitrogens with one attached hydrogen (secondary N) is 1. The summed E-state index contributed by atoms with van der Waals surface area (Å²) in [6, 6.07) is 7.57. The smallest absolute Gasteiger partial charge is 0.327 e. The first kappa shape index (κ1) is 19.0. The molecule has 0 aromatic heterocycles. The van der Waals surface area contributed by atoms with Crippen LogP contribution in [0.3, 0.4) is 0 Å². The van der Waals surface area contributed by atoms with Gasteiger partial charge in [0.05, 0.1) is 0 Å². The van der Waals surface area contributed by atoms with Crippen LogP contribution in [0.1, 0.15) is 37.6 Å². The number of benzene rings is 1. The fourth-order valence-electron chi connectivity index (χ4n) is 1.59. The van der Waals surface area contributed by atoms with Crippen molar-refractivity contribution in [3.8, 4) is 11.5 Å². The molecule has 1 aromatic carbocycles. The van der Waals surface area contributed by atoms with Gasteiger partial charge in [-0.3, -0.25) is 4.79 Å². The molecule has 0 unspecified atom stereocenters. The van der Waals surface area contributed by atoms with Crippen molar-refractivity contribution in [1.82, 2.24) is 5.32 Å². The summed E-state index contributed by atoms with van der Waals surface area (Å²) in [6.45, 7) is 10.8. The minimum Gasteiger partial charge on any atom is -0.480 e. The number of carboxylic acid groups (broad SMARTS) is 1. The molecule has 4 nitrogen and oxygen atoms in total. The number of carbonyl (C=O) groups excluding carboxylic acids is 1. The van der Waals surface area contributed by atoms with Gasteiger partial charge < -0.3 is 10.4 Å². The van der Waals surface area contributed by atoms with Crippen molar-refractivity contribution in [3.63, 3.8) is 0 Å². The van der Waals surface area contributed by atoms with Crippen LogP contribution in [0.4, 0.5) is 0 Å². The highest BCUT2D eigenvalue weighted by atomic mass is 28.3. The highest BCUT2D eigenvalue weighted by molar-refractivity contribution is 6.87. The van der Waals surface area contributed by atoms with Crippen molar-refractivity contribution in [1.29, 1.82) is 0 Å². The molecule has 0 aliphatic heterocycles. The second kappa shape index (κ2) is 7.47. The maximum Gasteiger partial charge on any atom is 0.327 e. The normalized spacial score (nSPS) is 12.7. The lowest BCUT2D eigenvalue weighted by Crippen LogP contribution is -2.41. The summed E-state index contributed by atoms with van der Waals surface area (Å²) in [4.78, 5) is 23.4. The lowest BCUT2D eigenvalue weighted by Gasteiger charge is -2.31. The Kier molecular flexibility index (Phi) is 6.17. The third-order valence-corrected chi connectivity index (χ3v) is 8.77. The minimum atomic E-state index is -1.78. The molecule has 23 heavy (non-hydrogen) atoms. The van der Waals surface area contributed by atoms with Crippen LogP contribution in [0.15, 0.2) is 30.3 Å². The van der Waals surface area contributed by atoms with Crippen molar-refractivity contribution < 1.29 is 14.7 Å². The van der Waals surface area contributed by atoms with E-state index < -0.39 is 26.0 Å². The molecule has 0 fully saturated rings. The van der Waals surface area contributed by atoms with E-state index >= 15 is 0 Å². The number of rotatable bonds is 4. The van der Waals surface area contributed by atoms with Gasteiger partial charge in [-0.15, -0.1) is 11.5 Å². The number of amides is 1. The van der Waals surface area contributed by atoms with Crippen LogP contribution in [0.2, 0.25) is 18.1 Å². The zero-order valence-electron chi connectivity index (χ0n) is 14.4. The first-order chi connectivity index (χ1) is 10.5. The Morgan fingerprint density at radius 3 is 2.26 bits per heavy atom. The van der Waals surface area contributed by atoms with Crippen LogP contribution < -0.4 is 5.32 Å². The fraction of sp³-hybridized carbons (Fsp3) is 0.444. The zero-order chi connectivity index (χ0) is 17.7. The average molecular weight is 331 g/mol. The van der Waals surface area contributed by atoms with Gasteiger partial charge in [-0.25, -0.2) is 4.79 Å². The molecule has 0 saturated carbocycles. The van der Waals surface area contributed by atoms with Crippen molar-refractivity contribution in [2.45, 2.75) is 51.4 Å². The van der Waals surface area contributed by atoms with Gasteiger partial charge in [0.2, 0.25) is 0 Å². The van der Waals surface area contributed by atoms with Crippen molar-refractivity contribution in [2.24, 2.45) is 0 Å². The van der Waals surface area contributed by atoms with Gasteiger partial charge in [0.1, 0.15) is 14.1 Å². The molecule has 5 heteroatoms. The molecular weight excluding hydrogens is 306 g/mol. The summed E-state index contributed by atoms with van der Waals surface area (Å²) in [5, 5.41) is 11.9. The van der Waals surface area contributed by atoms with E-state index in [1.807, 2.05) is 0 Å². The first-order valence-electron chi connectivity index (χ1n) is 7.63. The summed E-state index contributed by atoms with van der Waals surface area (Å²) >= 11 is 0. The van der Waals surface area contributed by atoms with Gasteiger partial charge in [-0.1, -0.05) is 52.1 Å². The zero-order valence-corrected chi connectivity index (χ0v) is 15.4. The Labute approximate surface area is 139 Å². The van der Waals surface area contributed by atoms with Crippen LogP contribution in [0, 0.1) is 11.5 Å². The summed E-state index contributed by atoms with van der Waals surface area (Å²) in [5.74, 6) is 1.52. The molecule has 2 N–H and O–H groups in total. The van der Waals surface area contributed by atoms with Gasteiger partial charge >= 0.3 is 5.97 Å². The van der Waals surface area contributed by atoms with Gasteiger partial charge in [-0.2, -0.15) is 0 Å². The van der Waals surface area contributed by atoms with E-state index in [0.717, 1.165) is 0 Å². The van der Waals surface area contributed by atoms with Gasteiger partial charge in [0, 0.05) is 12.0 Å². The minimum absolute atomic E-state index is 0.112. The molecule has 1 atom stereocenters. The lowest BCUT2D eigenvalue weighted by atomic mass is 10.1. The molecule has 0 spiro atoms. The van der Waals surface area contributed by atoms with Gasteiger partial charge in [0.15, 0.2) is 0 Å². The lowest BCUT2D eigenvalue weighted by molar-refractivity contribution is -0.139. The second-order valence-corrected chi connectivity index (χ2v) is 12.1. The van der Waals surface area contributed by atoms with E-state index in [0.29, 0.717) is 5.56 Å². The summed E-state index contributed by atoms with van der Waals surface area (Å²) in [6.07, 6.45) is 0.112. The van der Waals surface area contributed by atoms with E-state index in [1.54, 1.807) is 30.3 Å². The van der Waals surface area contributed by atoms with Gasteiger partial charge in [-0.05, 0) is 17.2 Å². The van der Waals surface area contributed by atoms with Crippen LogP contribution in [0.25, 0.3) is 0 Å². The predicted molar refractivity (Wildman–Crippen MR) is 94.9 cm³/mol. The molecule has 0 aliphatic rings. The third kappa shape index (κ3) is 5.57. The standard InChI is InChI=1S/C18H25NO3Si/c1-18(2,3)23(4,5)13-9-12-15(17(21)22)19-16(20)14-10-7-6-8-11-14/h6-8,10-11,15H,12H2,1-5H3,(H,19,20)(H,21,22)/t15-/m1/s1. The molecule has 0 aliphatic carbocycles. The van der Waals surface area contributed by atoms with E-state index in [4.69, 9.17) is 0 Å². The van der Waals surface area contributed by atoms with Crippen LogP contribution in [-0.2, 0) is 4.79 Å². The topological polar surface area (TPSA) is 66.4 Å². The number of hydrogen-bond donors (Lipinski definition) is 2. The summed E-state index contributed by atoms with van der Waals surface area (Å²) < 4.78 is 0. The monoisotopic (exact) mass is 331 g/mol. The molecule has 124 valence electrons. The number of carbonyl (C=O) groups is 2. The number of hydrogen-bond acceptors (Lipinski definition) is 2. The van der Waals surface area contributed by atoms with E-state index in [2.05, 4.69) is 50.6 Å². The van der Waals surface area contributed by atoms with Crippen molar-refractivity contribution in [2.75, 3.05) is 0 Å². The maximum absolute atomic E-state index is 12.1. The molecule has 0 bridgehead atoms. The SMILES string of the molecule is CC(C)(C)[Si](C)(C)C#CC[C@@H](NC(=O)c1ccccc1)C(=O)O. The summed E-state index contributed by atoms with van der Waals surface area (Å²) in [5.41, 5.74) is 3.71. The second-order valence-electron chi connectivity index (χ2n) is 7.11. The van der Waals surface area contributed by atoms with E-state index in [1.165, 1.54) is 0 Å². The Bertz CT molecular complexity index is 621. The van der Waals surface area contributed by atoms with Crippen molar-refractivity contribution >= 4 is 20.0 Å². The number of carboxylic acids is 1. The van der Waals surface area contributed by atoms with Gasteiger partial charge in [0.25, 0.3) is 5.91 Å². The largest absolute Gasteiger partial charge is 0.480 e. The average Bonchev–Trinajstić information content (AvgIpc) is 2.45. The Morgan fingerprint density at radius 2 is 1.78 bits per heavy atom. The Morgan fingerprint density at radius 1 is 1.22 bits per heavy atom. The van der Waals surface area contributed by atoms with Crippen molar-refractivity contribution in [3.05, 3.63) is 35.9 Å². The molecule has 1 rings (SSSR count). The Balaban J connectivity index is 2.79. The molecule has 0 saturated heterocycles. The highest BCUT2D eigenvalue weighted by Crippen LogP contribution is 2.35. The van der Waals surface area contributed by atoms with Crippen LogP contribution in [0.5, 0.6) is 0 Å². The number of aliphatic carboxylic acids is 1. The molecule has 0 radical (unpaired) electrons. The molecular formula is C18H25NO3Si. The maximum atomic E-state index is 12.1. The highest BCUT2D eigenvalue weighted by Gasteiger charge is 2.33. The quantitative estimate of drug-likeness (QED) is 0.657. The molecule has 0 heterocycles. The predicted octanol–water partition coefficient (Wildman–Crippen LogP) is 3.31. The van der Waals surface area contributed by atoms with Crippen LogP contribution >= 0.6 is 0 Å². The Hall–Kier alpha value is -2.06. The fourth-order valence-corrected chi connectivity index (χ4v) is 2.51. The van der Waals surface area contributed by atoms with E-state index in [-0.39, 0.29) is 11.5 Å². The first-order valence-corrected chi connectivity index (χ1v) is 10.6. The van der Waals surface area contributed by atoms with Crippen LogP contribution in [-0.4, -0.2) is 31.1 Å². The third-order valence-electron chi connectivity index (χ3n) is 4.22. The summed E-state index contributed by atoms with van der Waals surface area (Å²) in [7, 11) is -1.78. The van der Waals surface area contributed by atoms with E-state index in [9.17, 15) is 14.7 Å².